The van der Waals surface area contributed by atoms with Gasteiger partial charge in [-0.25, -0.2) is 0 Å². The summed E-state index contributed by atoms with van der Waals surface area (Å²) in [7, 11) is 1.64. The van der Waals surface area contributed by atoms with Crippen molar-refractivity contribution >= 4 is 23.2 Å². The third kappa shape index (κ3) is 4.13. The summed E-state index contributed by atoms with van der Waals surface area (Å²) in [5.41, 5.74) is 4.83. The van der Waals surface area contributed by atoms with Crippen LogP contribution >= 0.6 is 11.6 Å². The number of carbonyl (C=O) groups is 1. The Kier molecular flexibility index (Phi) is 5.39. The van der Waals surface area contributed by atoms with Gasteiger partial charge < -0.3 is 4.57 Å². The average molecular weight is 368 g/mol. The zero-order chi connectivity index (χ0) is 18.5. The van der Waals surface area contributed by atoms with Gasteiger partial charge in [0.2, 0.25) is 0 Å². The number of rotatable bonds is 5. The van der Waals surface area contributed by atoms with Crippen molar-refractivity contribution in [3.63, 3.8) is 0 Å². The highest BCUT2D eigenvalue weighted by molar-refractivity contribution is 6.31. The fourth-order valence-corrected chi connectivity index (χ4v) is 2.74. The minimum absolute atomic E-state index is 0.194. The fraction of sp³-hybridized carbons (Fsp3) is 0.100. The molecule has 0 radical (unpaired) electrons. The van der Waals surface area contributed by atoms with Gasteiger partial charge in [-0.2, -0.15) is 0 Å². The number of benzene rings is 2. The van der Waals surface area contributed by atoms with Gasteiger partial charge in [0.25, 0.3) is 11.5 Å². The Hall–Kier alpha value is -3.05. The predicted octanol–water partition coefficient (Wildman–Crippen LogP) is 3.65. The molecule has 1 amide bonds. The Morgan fingerprint density at radius 2 is 1.73 bits per heavy atom. The molecule has 0 aliphatic carbocycles. The van der Waals surface area contributed by atoms with Gasteiger partial charge >= 0.3 is 0 Å². The number of aromatic nitrogens is 1. The van der Waals surface area contributed by atoms with Gasteiger partial charge in [-0.05, 0) is 29.8 Å². The van der Waals surface area contributed by atoms with Crippen LogP contribution in [0.5, 0.6) is 0 Å². The second-order valence-electron chi connectivity index (χ2n) is 5.82. The summed E-state index contributed by atoms with van der Waals surface area (Å²) in [6.07, 6.45) is 1.55. The molecule has 3 aromatic rings. The first-order valence-electron chi connectivity index (χ1n) is 8.08. The molecule has 0 fully saturated rings. The quantitative estimate of drug-likeness (QED) is 0.700. The molecule has 1 heterocycles. The third-order valence-corrected chi connectivity index (χ3v) is 4.27. The van der Waals surface area contributed by atoms with Crippen molar-refractivity contribution in [3.05, 3.63) is 99.4 Å². The van der Waals surface area contributed by atoms with Gasteiger partial charge in [-0.1, -0.05) is 48.0 Å². The monoisotopic (exact) mass is 367 g/mol. The van der Waals surface area contributed by atoms with Crippen molar-refractivity contribution < 1.29 is 4.79 Å². The molecule has 2 aromatic carbocycles. The first-order chi connectivity index (χ1) is 12.5. The fourth-order valence-electron chi connectivity index (χ4n) is 2.54. The summed E-state index contributed by atoms with van der Waals surface area (Å²) in [6.45, 7) is 0.301. The number of pyridine rings is 1. The van der Waals surface area contributed by atoms with Crippen LogP contribution in [0.4, 0.5) is 5.69 Å². The van der Waals surface area contributed by atoms with Gasteiger partial charge in [0.1, 0.15) is 0 Å². The SMILES string of the molecule is CN(Nc1ccccc1)C(=O)c1ccc(=O)n(Cc2ccccc2Cl)c1. The molecule has 0 atom stereocenters. The maximum Gasteiger partial charge on any atom is 0.273 e. The van der Waals surface area contributed by atoms with Crippen molar-refractivity contribution in [3.8, 4) is 0 Å². The number of nitrogens with zero attached hydrogens (tertiary/aromatic N) is 2. The van der Waals surface area contributed by atoms with Crippen molar-refractivity contribution in [2.24, 2.45) is 0 Å². The largest absolute Gasteiger partial charge is 0.310 e. The zero-order valence-electron chi connectivity index (χ0n) is 14.2. The molecule has 6 heteroatoms. The first-order valence-corrected chi connectivity index (χ1v) is 8.46. The molecule has 0 aliphatic rings. The van der Waals surface area contributed by atoms with Crippen LogP contribution in [-0.2, 0) is 6.54 Å². The molecule has 0 aliphatic heterocycles. The van der Waals surface area contributed by atoms with Gasteiger partial charge in [-0.15, -0.1) is 0 Å². The van der Waals surface area contributed by atoms with Crippen LogP contribution in [0.1, 0.15) is 15.9 Å². The summed E-state index contributed by atoms with van der Waals surface area (Å²) in [5.74, 6) is -0.248. The molecule has 1 aromatic heterocycles. The van der Waals surface area contributed by atoms with E-state index in [9.17, 15) is 9.59 Å². The third-order valence-electron chi connectivity index (χ3n) is 3.90. The Bertz CT molecular complexity index is 970. The lowest BCUT2D eigenvalue weighted by molar-refractivity contribution is 0.0825. The summed E-state index contributed by atoms with van der Waals surface area (Å²) >= 11 is 6.17. The molecule has 132 valence electrons. The van der Waals surface area contributed by atoms with E-state index < -0.39 is 0 Å². The number of nitrogens with one attached hydrogen (secondary N) is 1. The molecular formula is C20H18ClN3O2. The van der Waals surface area contributed by atoms with E-state index in [4.69, 9.17) is 11.6 Å². The Morgan fingerprint density at radius 3 is 2.46 bits per heavy atom. The number of halogens is 1. The molecule has 0 unspecified atom stereocenters. The van der Waals surface area contributed by atoms with Gasteiger partial charge in [0.05, 0.1) is 17.8 Å². The van der Waals surface area contributed by atoms with Crippen molar-refractivity contribution in [1.29, 1.82) is 0 Å². The lowest BCUT2D eigenvalue weighted by Crippen LogP contribution is -2.33. The van der Waals surface area contributed by atoms with E-state index >= 15 is 0 Å². The van der Waals surface area contributed by atoms with Gasteiger partial charge in [0, 0.05) is 24.3 Å². The van der Waals surface area contributed by atoms with Gasteiger partial charge in [-0.3, -0.25) is 20.0 Å². The van der Waals surface area contributed by atoms with Crippen LogP contribution in [-0.4, -0.2) is 22.5 Å². The number of amides is 1. The number of hydrazine groups is 1. The second-order valence-corrected chi connectivity index (χ2v) is 6.22. The maximum absolute atomic E-state index is 12.7. The predicted molar refractivity (Wildman–Crippen MR) is 103 cm³/mol. The minimum Gasteiger partial charge on any atom is -0.310 e. The Morgan fingerprint density at radius 1 is 1.04 bits per heavy atom. The van der Waals surface area contributed by atoms with E-state index in [0.29, 0.717) is 17.1 Å². The molecule has 26 heavy (non-hydrogen) atoms. The van der Waals surface area contributed by atoms with Crippen LogP contribution in [0, 0.1) is 0 Å². The molecule has 0 saturated heterocycles. The molecular weight excluding hydrogens is 350 g/mol. The summed E-state index contributed by atoms with van der Waals surface area (Å²) < 4.78 is 1.48. The molecule has 1 N–H and O–H groups in total. The molecule has 5 nitrogen and oxygen atoms in total. The van der Waals surface area contributed by atoms with E-state index in [2.05, 4.69) is 5.43 Å². The minimum atomic E-state index is -0.248. The van der Waals surface area contributed by atoms with Crippen LogP contribution in [0.25, 0.3) is 0 Å². The lowest BCUT2D eigenvalue weighted by atomic mass is 10.2. The van der Waals surface area contributed by atoms with E-state index in [1.165, 1.54) is 21.7 Å². The topological polar surface area (TPSA) is 54.3 Å². The van der Waals surface area contributed by atoms with Crippen LogP contribution < -0.4 is 11.0 Å². The van der Waals surface area contributed by atoms with Crippen molar-refractivity contribution in [2.45, 2.75) is 6.54 Å². The number of anilines is 1. The summed E-state index contributed by atoms with van der Waals surface area (Å²) in [4.78, 5) is 24.8. The van der Waals surface area contributed by atoms with E-state index in [-0.39, 0.29) is 11.5 Å². The normalized spacial score (nSPS) is 10.4. The molecule has 0 bridgehead atoms. The molecule has 0 spiro atoms. The number of hydrogen-bond donors (Lipinski definition) is 1. The number of hydrogen-bond acceptors (Lipinski definition) is 3. The highest BCUT2D eigenvalue weighted by Crippen LogP contribution is 2.16. The Balaban J connectivity index is 1.81. The van der Waals surface area contributed by atoms with E-state index in [0.717, 1.165) is 11.3 Å². The molecule has 0 saturated carbocycles. The zero-order valence-corrected chi connectivity index (χ0v) is 15.0. The van der Waals surface area contributed by atoms with Crippen LogP contribution in [0.3, 0.4) is 0 Å². The summed E-state index contributed by atoms with van der Waals surface area (Å²) in [5, 5.41) is 1.97. The van der Waals surface area contributed by atoms with E-state index in [1.54, 1.807) is 19.3 Å². The van der Waals surface area contributed by atoms with E-state index in [1.807, 2.05) is 48.5 Å². The van der Waals surface area contributed by atoms with Crippen molar-refractivity contribution in [2.75, 3.05) is 12.5 Å². The maximum atomic E-state index is 12.7. The number of carbonyl (C=O) groups excluding carboxylic acids is 1. The highest BCUT2D eigenvalue weighted by atomic mass is 35.5. The van der Waals surface area contributed by atoms with Crippen LogP contribution in [0.2, 0.25) is 5.02 Å². The Labute approximate surface area is 156 Å². The second kappa shape index (κ2) is 7.89. The van der Waals surface area contributed by atoms with Crippen molar-refractivity contribution in [1.82, 2.24) is 9.58 Å². The van der Waals surface area contributed by atoms with Gasteiger partial charge in [0.15, 0.2) is 0 Å². The lowest BCUT2D eigenvalue weighted by Gasteiger charge is -2.20. The smallest absolute Gasteiger partial charge is 0.273 e. The average Bonchev–Trinajstić information content (AvgIpc) is 2.65. The molecule has 3 rings (SSSR count). The number of para-hydroxylation sites is 1. The summed E-state index contributed by atoms with van der Waals surface area (Å²) in [6, 6.07) is 19.6. The highest BCUT2D eigenvalue weighted by Gasteiger charge is 2.13. The first kappa shape index (κ1) is 17.8. The standard InChI is InChI=1S/C20H18ClN3O2/c1-23(22-17-8-3-2-4-9-17)20(26)16-11-12-19(25)24(14-16)13-15-7-5-6-10-18(15)21/h2-12,14,22H,13H2,1H3. The van der Waals surface area contributed by atoms with Crippen LogP contribution in [0.15, 0.2) is 77.7 Å².